The molecule has 2 N–H and O–H groups in total. The molecule has 0 aliphatic carbocycles. The smallest absolute Gasteiger partial charge is 0.253 e. The van der Waals surface area contributed by atoms with E-state index in [1.165, 1.54) is 17.7 Å². The summed E-state index contributed by atoms with van der Waals surface area (Å²) in [4.78, 5) is 34.9. The van der Waals surface area contributed by atoms with Crippen LogP contribution in [0.3, 0.4) is 0 Å². The van der Waals surface area contributed by atoms with Crippen LogP contribution in [0.25, 0.3) is 0 Å². The van der Waals surface area contributed by atoms with Gasteiger partial charge in [0.25, 0.3) is 11.5 Å². The zero-order valence-corrected chi connectivity index (χ0v) is 19.8. The molecular weight excluding hydrogens is 396 g/mol. The largest absolute Gasteiger partial charge is 0.348 e. The van der Waals surface area contributed by atoms with E-state index in [4.69, 9.17) is 0 Å². The molecule has 1 aliphatic rings. The van der Waals surface area contributed by atoms with Gasteiger partial charge in [0.05, 0.1) is 5.56 Å². The van der Waals surface area contributed by atoms with Crippen LogP contribution in [0, 0.1) is 20.8 Å². The Morgan fingerprint density at radius 2 is 1.93 bits per heavy atom. The normalized spacial score (nSPS) is 16.8. The summed E-state index contributed by atoms with van der Waals surface area (Å²) in [5.41, 5.74) is 2.92. The number of aromatic amines is 1. The molecule has 2 aromatic heterocycles. The van der Waals surface area contributed by atoms with Gasteiger partial charge in [-0.1, -0.05) is 0 Å². The van der Waals surface area contributed by atoms with Crippen molar-refractivity contribution in [1.29, 1.82) is 0 Å². The van der Waals surface area contributed by atoms with Gasteiger partial charge in [-0.3, -0.25) is 14.5 Å². The maximum atomic E-state index is 12.8. The summed E-state index contributed by atoms with van der Waals surface area (Å²) in [7, 11) is 4.31. The number of nitrogens with zero attached hydrogens (tertiary/aromatic N) is 2. The van der Waals surface area contributed by atoms with E-state index < -0.39 is 0 Å². The topological polar surface area (TPSA) is 68.4 Å². The third-order valence-corrected chi connectivity index (χ3v) is 7.51. The molecular formula is C23H34N4O2S. The highest BCUT2D eigenvalue weighted by Gasteiger charge is 2.26. The van der Waals surface area contributed by atoms with Crippen LogP contribution >= 0.6 is 11.3 Å². The number of H-pyrrole nitrogens is 1. The van der Waals surface area contributed by atoms with Crippen molar-refractivity contribution >= 4 is 17.2 Å². The number of carbonyl (C=O) groups excluding carboxylic acids is 1. The van der Waals surface area contributed by atoms with Crippen LogP contribution in [0.4, 0.5) is 0 Å². The predicted octanol–water partition coefficient (Wildman–Crippen LogP) is 3.38. The van der Waals surface area contributed by atoms with E-state index in [0.29, 0.717) is 23.2 Å². The molecule has 0 spiro atoms. The SMILES string of the molecule is Cc1cc(C)c(CNC(=O)c2cc(C(C)N3CCC(N(C)C)CC3)sc2C)c(=O)[nH]1. The van der Waals surface area contributed by atoms with Crippen molar-refractivity contribution in [3.63, 3.8) is 0 Å². The van der Waals surface area contributed by atoms with E-state index >= 15 is 0 Å². The lowest BCUT2D eigenvalue weighted by Gasteiger charge is -2.38. The van der Waals surface area contributed by atoms with Gasteiger partial charge in [-0.25, -0.2) is 0 Å². The van der Waals surface area contributed by atoms with Crippen molar-refractivity contribution < 1.29 is 4.79 Å². The molecule has 6 nitrogen and oxygen atoms in total. The van der Waals surface area contributed by atoms with Crippen molar-refractivity contribution in [1.82, 2.24) is 20.1 Å². The van der Waals surface area contributed by atoms with Gasteiger partial charge < -0.3 is 15.2 Å². The highest BCUT2D eigenvalue weighted by Crippen LogP contribution is 2.32. The lowest BCUT2D eigenvalue weighted by atomic mass is 10.0. The molecule has 1 fully saturated rings. The Bertz CT molecular complexity index is 955. The number of likely N-dealkylation sites (tertiary alicyclic amines) is 1. The van der Waals surface area contributed by atoms with Crippen molar-refractivity contribution in [2.75, 3.05) is 27.2 Å². The van der Waals surface area contributed by atoms with Crippen molar-refractivity contribution in [3.8, 4) is 0 Å². The Morgan fingerprint density at radius 1 is 1.27 bits per heavy atom. The quantitative estimate of drug-likeness (QED) is 0.737. The Morgan fingerprint density at radius 3 is 2.53 bits per heavy atom. The molecule has 3 heterocycles. The summed E-state index contributed by atoms with van der Waals surface area (Å²) in [5, 5.41) is 2.94. The summed E-state index contributed by atoms with van der Waals surface area (Å²) in [6, 6.07) is 4.93. The highest BCUT2D eigenvalue weighted by atomic mass is 32.1. The van der Waals surface area contributed by atoms with Gasteiger partial charge in [-0.2, -0.15) is 0 Å². The van der Waals surface area contributed by atoms with Crippen LogP contribution in [-0.2, 0) is 6.54 Å². The van der Waals surface area contributed by atoms with Crippen LogP contribution in [-0.4, -0.2) is 53.9 Å². The van der Waals surface area contributed by atoms with E-state index in [2.05, 4.69) is 41.1 Å². The van der Waals surface area contributed by atoms with E-state index in [1.807, 2.05) is 32.9 Å². The summed E-state index contributed by atoms with van der Waals surface area (Å²) in [6.45, 7) is 10.4. The van der Waals surface area contributed by atoms with Gasteiger partial charge in [0, 0.05) is 52.7 Å². The number of hydrogen-bond acceptors (Lipinski definition) is 5. The number of aryl methyl sites for hydroxylation is 3. The fourth-order valence-electron chi connectivity index (χ4n) is 4.27. The molecule has 0 radical (unpaired) electrons. The third-order valence-electron chi connectivity index (χ3n) is 6.29. The average molecular weight is 431 g/mol. The minimum absolute atomic E-state index is 0.118. The molecule has 2 aromatic rings. The first kappa shape index (κ1) is 22.7. The molecule has 1 aliphatic heterocycles. The van der Waals surface area contributed by atoms with Gasteiger partial charge in [0.2, 0.25) is 0 Å². The van der Waals surface area contributed by atoms with Gasteiger partial charge >= 0.3 is 0 Å². The maximum absolute atomic E-state index is 12.8. The third kappa shape index (κ3) is 5.02. The van der Waals surface area contributed by atoms with Crippen molar-refractivity contribution in [2.24, 2.45) is 0 Å². The van der Waals surface area contributed by atoms with Gasteiger partial charge in [0.15, 0.2) is 0 Å². The predicted molar refractivity (Wildman–Crippen MR) is 123 cm³/mol. The Balaban J connectivity index is 1.66. The van der Waals surface area contributed by atoms with E-state index in [1.54, 1.807) is 11.3 Å². The first-order valence-electron chi connectivity index (χ1n) is 10.7. The Labute approximate surface area is 183 Å². The monoisotopic (exact) mass is 430 g/mol. The lowest BCUT2D eigenvalue weighted by Crippen LogP contribution is -2.42. The molecule has 30 heavy (non-hydrogen) atoms. The number of nitrogens with one attached hydrogen (secondary N) is 2. The number of aromatic nitrogens is 1. The molecule has 0 aromatic carbocycles. The lowest BCUT2D eigenvalue weighted by molar-refractivity contribution is 0.0950. The molecule has 1 saturated heterocycles. The Hall–Kier alpha value is -1.96. The highest BCUT2D eigenvalue weighted by molar-refractivity contribution is 7.12. The van der Waals surface area contributed by atoms with E-state index in [0.717, 1.165) is 29.2 Å². The molecule has 3 rings (SSSR count). The molecule has 1 atom stereocenters. The van der Waals surface area contributed by atoms with E-state index in [9.17, 15) is 9.59 Å². The van der Waals surface area contributed by atoms with Crippen molar-refractivity contribution in [2.45, 2.75) is 59.2 Å². The minimum atomic E-state index is -0.134. The van der Waals surface area contributed by atoms with Crippen molar-refractivity contribution in [3.05, 3.63) is 54.6 Å². The minimum Gasteiger partial charge on any atom is -0.348 e. The molecule has 1 unspecified atom stereocenters. The maximum Gasteiger partial charge on any atom is 0.253 e. The Kier molecular flexibility index (Phi) is 7.16. The number of rotatable bonds is 6. The van der Waals surface area contributed by atoms with Gasteiger partial charge in [-0.15, -0.1) is 11.3 Å². The standard InChI is InChI=1S/C23H34N4O2S/c1-14-11-15(2)25-23(29)20(14)13-24-22(28)19-12-21(30-17(19)4)16(3)27-9-7-18(8-10-27)26(5)6/h11-12,16,18H,7-10,13H2,1-6H3,(H,24,28)(H,25,29). The number of thiophene rings is 1. The van der Waals surface area contributed by atoms with E-state index in [-0.39, 0.29) is 18.0 Å². The molecule has 164 valence electrons. The fourth-order valence-corrected chi connectivity index (χ4v) is 5.38. The summed E-state index contributed by atoms with van der Waals surface area (Å²) in [6.07, 6.45) is 2.36. The van der Waals surface area contributed by atoms with Crippen LogP contribution in [0.5, 0.6) is 0 Å². The zero-order valence-electron chi connectivity index (χ0n) is 19.0. The number of pyridine rings is 1. The molecule has 7 heteroatoms. The summed E-state index contributed by atoms with van der Waals surface area (Å²) >= 11 is 1.70. The van der Waals surface area contributed by atoms with Crippen LogP contribution in [0.2, 0.25) is 0 Å². The molecule has 1 amide bonds. The first-order valence-corrected chi connectivity index (χ1v) is 11.5. The zero-order chi connectivity index (χ0) is 22.0. The number of amides is 1. The second kappa shape index (κ2) is 9.45. The summed E-state index contributed by atoms with van der Waals surface area (Å²) < 4.78 is 0. The average Bonchev–Trinajstić information content (AvgIpc) is 3.08. The first-order chi connectivity index (χ1) is 14.2. The number of carbonyl (C=O) groups is 1. The molecule has 0 bridgehead atoms. The second-order valence-corrected chi connectivity index (χ2v) is 9.94. The fraction of sp³-hybridized carbons (Fsp3) is 0.565. The summed E-state index contributed by atoms with van der Waals surface area (Å²) in [5.74, 6) is -0.118. The van der Waals surface area contributed by atoms with Gasteiger partial charge in [-0.05, 0) is 72.3 Å². The van der Waals surface area contributed by atoms with Gasteiger partial charge in [0.1, 0.15) is 0 Å². The van der Waals surface area contributed by atoms with Crippen LogP contribution in [0.1, 0.15) is 62.7 Å². The molecule has 0 saturated carbocycles. The number of piperidine rings is 1. The second-order valence-electron chi connectivity index (χ2n) is 8.65. The van der Waals surface area contributed by atoms with Crippen LogP contribution in [0.15, 0.2) is 16.9 Å². The van der Waals surface area contributed by atoms with Crippen LogP contribution < -0.4 is 10.9 Å². The number of hydrogen-bond donors (Lipinski definition) is 2.